The second-order valence-corrected chi connectivity index (χ2v) is 4.44. The fraction of sp³-hybridized carbons (Fsp3) is 0.917. The topological polar surface area (TPSA) is 29.1 Å². The lowest BCUT2D eigenvalue weighted by Gasteiger charge is -2.28. The standard InChI is InChI=1S/C12H23NO/c1-3-5-12(14)13-11-8-6-10(4-2)7-9-11/h10-11H,3-9H2,1-2H3,(H,13,14). The van der Waals surface area contributed by atoms with Gasteiger partial charge in [0.1, 0.15) is 0 Å². The maximum absolute atomic E-state index is 11.4. The highest BCUT2D eigenvalue weighted by atomic mass is 16.1. The summed E-state index contributed by atoms with van der Waals surface area (Å²) in [5, 5.41) is 3.13. The lowest BCUT2D eigenvalue weighted by molar-refractivity contribution is -0.122. The van der Waals surface area contributed by atoms with Crippen molar-refractivity contribution >= 4 is 5.91 Å². The fourth-order valence-electron chi connectivity index (χ4n) is 2.24. The first kappa shape index (κ1) is 11.5. The molecule has 1 fully saturated rings. The van der Waals surface area contributed by atoms with Crippen LogP contribution in [0.25, 0.3) is 0 Å². The minimum absolute atomic E-state index is 0.243. The van der Waals surface area contributed by atoms with Gasteiger partial charge in [-0.25, -0.2) is 0 Å². The molecule has 0 aliphatic heterocycles. The van der Waals surface area contributed by atoms with Crippen LogP contribution in [0.3, 0.4) is 0 Å². The van der Waals surface area contributed by atoms with E-state index in [0.29, 0.717) is 12.5 Å². The Bertz CT molecular complexity index is 171. The molecule has 0 atom stereocenters. The first-order chi connectivity index (χ1) is 6.76. The van der Waals surface area contributed by atoms with Gasteiger partial charge in [0.25, 0.3) is 0 Å². The van der Waals surface area contributed by atoms with E-state index in [4.69, 9.17) is 0 Å². The molecule has 0 aromatic rings. The summed E-state index contributed by atoms with van der Waals surface area (Å²) in [4.78, 5) is 11.4. The molecule has 0 unspecified atom stereocenters. The van der Waals surface area contributed by atoms with E-state index in [2.05, 4.69) is 12.2 Å². The Morgan fingerprint density at radius 1 is 1.21 bits per heavy atom. The van der Waals surface area contributed by atoms with Crippen molar-refractivity contribution in [1.82, 2.24) is 5.32 Å². The van der Waals surface area contributed by atoms with Crippen molar-refractivity contribution in [3.05, 3.63) is 0 Å². The number of nitrogens with one attached hydrogen (secondary N) is 1. The molecule has 0 heterocycles. The molecule has 1 aliphatic rings. The quantitative estimate of drug-likeness (QED) is 0.737. The van der Waals surface area contributed by atoms with Gasteiger partial charge in [-0.1, -0.05) is 20.3 Å². The van der Waals surface area contributed by atoms with Gasteiger partial charge in [-0.15, -0.1) is 0 Å². The van der Waals surface area contributed by atoms with E-state index in [1.807, 2.05) is 6.92 Å². The summed E-state index contributed by atoms with van der Waals surface area (Å²) in [7, 11) is 0. The van der Waals surface area contributed by atoms with Gasteiger partial charge in [0, 0.05) is 12.5 Å². The second kappa shape index (κ2) is 6.05. The van der Waals surface area contributed by atoms with E-state index in [-0.39, 0.29) is 5.91 Å². The first-order valence-corrected chi connectivity index (χ1v) is 6.05. The van der Waals surface area contributed by atoms with Crippen LogP contribution in [-0.2, 0) is 4.79 Å². The molecule has 2 nitrogen and oxygen atoms in total. The number of rotatable bonds is 4. The highest BCUT2D eigenvalue weighted by Crippen LogP contribution is 2.26. The van der Waals surface area contributed by atoms with Gasteiger partial charge in [-0.3, -0.25) is 4.79 Å². The maximum atomic E-state index is 11.4. The molecule has 1 rings (SSSR count). The molecule has 0 saturated heterocycles. The Morgan fingerprint density at radius 2 is 1.86 bits per heavy atom. The normalized spacial score (nSPS) is 27.3. The number of carbonyl (C=O) groups is 1. The van der Waals surface area contributed by atoms with Crippen LogP contribution in [0.1, 0.15) is 58.8 Å². The molecule has 2 heteroatoms. The molecular weight excluding hydrogens is 174 g/mol. The average molecular weight is 197 g/mol. The fourth-order valence-corrected chi connectivity index (χ4v) is 2.24. The highest BCUT2D eigenvalue weighted by molar-refractivity contribution is 5.76. The predicted octanol–water partition coefficient (Wildman–Crippen LogP) is 2.87. The van der Waals surface area contributed by atoms with Gasteiger partial charge in [0.2, 0.25) is 5.91 Å². The molecule has 0 radical (unpaired) electrons. The van der Waals surface area contributed by atoms with Crippen molar-refractivity contribution in [2.45, 2.75) is 64.8 Å². The van der Waals surface area contributed by atoms with Gasteiger partial charge < -0.3 is 5.32 Å². The lowest BCUT2D eigenvalue weighted by Crippen LogP contribution is -2.37. The van der Waals surface area contributed by atoms with E-state index in [1.165, 1.54) is 32.1 Å². The van der Waals surface area contributed by atoms with Crippen LogP contribution in [0.2, 0.25) is 0 Å². The summed E-state index contributed by atoms with van der Waals surface area (Å²) in [6, 6.07) is 0.469. The van der Waals surface area contributed by atoms with Crippen LogP contribution in [0.4, 0.5) is 0 Å². The summed E-state index contributed by atoms with van der Waals surface area (Å²) in [6.45, 7) is 4.31. The second-order valence-electron chi connectivity index (χ2n) is 4.44. The molecule has 1 N–H and O–H groups in total. The average Bonchev–Trinajstić information content (AvgIpc) is 2.19. The predicted molar refractivity (Wildman–Crippen MR) is 59.1 cm³/mol. The Morgan fingerprint density at radius 3 is 2.36 bits per heavy atom. The van der Waals surface area contributed by atoms with Gasteiger partial charge in [-0.2, -0.15) is 0 Å². The van der Waals surface area contributed by atoms with Crippen molar-refractivity contribution in [2.75, 3.05) is 0 Å². The highest BCUT2D eigenvalue weighted by Gasteiger charge is 2.20. The van der Waals surface area contributed by atoms with Crippen molar-refractivity contribution in [3.63, 3.8) is 0 Å². The van der Waals surface area contributed by atoms with Gasteiger partial charge in [0.05, 0.1) is 0 Å². The number of amides is 1. The third-order valence-corrected chi connectivity index (χ3v) is 3.27. The molecule has 1 aliphatic carbocycles. The molecule has 0 bridgehead atoms. The van der Waals surface area contributed by atoms with Crippen LogP contribution in [-0.4, -0.2) is 11.9 Å². The molecule has 14 heavy (non-hydrogen) atoms. The third-order valence-electron chi connectivity index (χ3n) is 3.27. The molecular formula is C12H23NO. The van der Waals surface area contributed by atoms with E-state index in [1.54, 1.807) is 0 Å². The van der Waals surface area contributed by atoms with Crippen LogP contribution < -0.4 is 5.32 Å². The summed E-state index contributed by atoms with van der Waals surface area (Å²) < 4.78 is 0. The Balaban J connectivity index is 2.18. The van der Waals surface area contributed by atoms with Crippen molar-refractivity contribution in [3.8, 4) is 0 Å². The van der Waals surface area contributed by atoms with E-state index in [0.717, 1.165) is 12.3 Å². The van der Waals surface area contributed by atoms with Crippen LogP contribution in [0.5, 0.6) is 0 Å². The number of hydrogen-bond acceptors (Lipinski definition) is 1. The molecule has 0 aromatic carbocycles. The number of carbonyl (C=O) groups excluding carboxylic acids is 1. The van der Waals surface area contributed by atoms with Crippen LogP contribution >= 0.6 is 0 Å². The third kappa shape index (κ3) is 3.69. The summed E-state index contributed by atoms with van der Waals surface area (Å²) in [5.74, 6) is 1.15. The van der Waals surface area contributed by atoms with Crippen molar-refractivity contribution in [2.24, 2.45) is 5.92 Å². The van der Waals surface area contributed by atoms with Crippen molar-refractivity contribution < 1.29 is 4.79 Å². The van der Waals surface area contributed by atoms with Crippen LogP contribution in [0, 0.1) is 5.92 Å². The number of hydrogen-bond donors (Lipinski definition) is 1. The van der Waals surface area contributed by atoms with E-state index < -0.39 is 0 Å². The Hall–Kier alpha value is -0.530. The lowest BCUT2D eigenvalue weighted by atomic mass is 9.84. The summed E-state index contributed by atoms with van der Waals surface area (Å²) in [6.07, 6.45) is 7.92. The van der Waals surface area contributed by atoms with Crippen molar-refractivity contribution in [1.29, 1.82) is 0 Å². The first-order valence-electron chi connectivity index (χ1n) is 6.05. The summed E-state index contributed by atoms with van der Waals surface area (Å²) in [5.41, 5.74) is 0. The summed E-state index contributed by atoms with van der Waals surface area (Å²) >= 11 is 0. The zero-order valence-corrected chi connectivity index (χ0v) is 9.51. The van der Waals surface area contributed by atoms with E-state index in [9.17, 15) is 4.79 Å². The minimum Gasteiger partial charge on any atom is -0.353 e. The molecule has 0 spiro atoms. The molecule has 82 valence electrons. The zero-order chi connectivity index (χ0) is 10.4. The molecule has 1 amide bonds. The minimum atomic E-state index is 0.243. The molecule has 1 saturated carbocycles. The maximum Gasteiger partial charge on any atom is 0.220 e. The SMILES string of the molecule is CCCC(=O)NC1CCC(CC)CC1. The molecule has 0 aromatic heterocycles. The van der Waals surface area contributed by atoms with Gasteiger partial charge in [-0.05, 0) is 38.0 Å². The van der Waals surface area contributed by atoms with Crippen LogP contribution in [0.15, 0.2) is 0 Å². The zero-order valence-electron chi connectivity index (χ0n) is 9.51. The monoisotopic (exact) mass is 197 g/mol. The van der Waals surface area contributed by atoms with Gasteiger partial charge in [0.15, 0.2) is 0 Å². The smallest absolute Gasteiger partial charge is 0.220 e. The Kier molecular flexibility index (Phi) is 4.99. The largest absolute Gasteiger partial charge is 0.353 e. The van der Waals surface area contributed by atoms with Gasteiger partial charge >= 0.3 is 0 Å². The Labute approximate surface area is 87.5 Å². The van der Waals surface area contributed by atoms with E-state index >= 15 is 0 Å².